The molecular weight excluding hydrogens is 437 g/mol. The lowest BCUT2D eigenvalue weighted by Crippen LogP contribution is -2.38. The fourth-order valence-corrected chi connectivity index (χ4v) is 7.22. The van der Waals surface area contributed by atoms with Crippen LogP contribution in [0.2, 0.25) is 5.02 Å². The monoisotopic (exact) mass is 454 g/mol. The number of rotatable bonds is 3. The Morgan fingerprint density at radius 1 is 1.39 bits per heavy atom. The second-order valence-corrected chi connectivity index (χ2v) is 10.6. The number of sulfone groups is 1. The lowest BCUT2D eigenvalue weighted by atomic mass is 10.1. The minimum absolute atomic E-state index is 0.00398. The van der Waals surface area contributed by atoms with E-state index in [1.807, 2.05) is 6.92 Å². The van der Waals surface area contributed by atoms with E-state index in [2.05, 4.69) is 4.99 Å². The number of benzene rings is 1. The molecule has 0 unspecified atom stereocenters. The van der Waals surface area contributed by atoms with E-state index in [-0.39, 0.29) is 33.3 Å². The summed E-state index contributed by atoms with van der Waals surface area (Å²) >= 11 is 7.27. The maximum Gasteiger partial charge on any atom is 0.416 e. The lowest BCUT2D eigenvalue weighted by molar-refractivity contribution is -0.137. The third kappa shape index (κ3) is 4.18. The quantitative estimate of drug-likeness (QED) is 0.690. The maximum absolute atomic E-state index is 13.2. The van der Waals surface area contributed by atoms with Crippen LogP contribution >= 0.6 is 23.4 Å². The molecule has 1 amide bonds. The third-order valence-electron chi connectivity index (χ3n) is 4.84. The zero-order valence-electron chi connectivity index (χ0n) is 15.0. The molecule has 0 radical (unpaired) electrons. The number of carbonyl (C=O) groups excluding carboxylic acids is 1. The molecule has 2 saturated heterocycles. The van der Waals surface area contributed by atoms with Crippen molar-refractivity contribution in [2.45, 2.75) is 37.7 Å². The van der Waals surface area contributed by atoms with Crippen molar-refractivity contribution < 1.29 is 26.4 Å². The van der Waals surface area contributed by atoms with Gasteiger partial charge in [0.2, 0.25) is 0 Å². The van der Waals surface area contributed by atoms with Crippen molar-refractivity contribution in [2.75, 3.05) is 16.4 Å². The summed E-state index contributed by atoms with van der Waals surface area (Å²) in [7, 11) is -3.34. The van der Waals surface area contributed by atoms with Crippen molar-refractivity contribution >= 4 is 50.0 Å². The van der Waals surface area contributed by atoms with Gasteiger partial charge in [0.1, 0.15) is 0 Å². The molecule has 2 heterocycles. The molecule has 0 bridgehead atoms. The molecule has 5 nitrogen and oxygen atoms in total. The number of nitrogens with zero attached hydrogens (tertiary/aromatic N) is 2. The standard InChI is InChI=1S/C17H18ClF3N2O3S2/c1-3-9(2)15(24)22-16-23(13-7-28(25,26)8-14(13)27-16)12-6-10(17(19,20)21)4-5-11(12)18/h4-6,9,13-14H,3,7-8H2,1-2H3/t9-,13-,14+/m1/s1. The second kappa shape index (κ2) is 7.53. The number of amidine groups is 1. The molecule has 0 spiro atoms. The molecule has 0 N–H and O–H groups in total. The number of amides is 1. The van der Waals surface area contributed by atoms with Crippen LogP contribution in [0.5, 0.6) is 0 Å². The van der Waals surface area contributed by atoms with Gasteiger partial charge in [0, 0.05) is 11.2 Å². The molecule has 2 aliphatic heterocycles. The topological polar surface area (TPSA) is 66.8 Å². The van der Waals surface area contributed by atoms with Gasteiger partial charge in [-0.25, -0.2) is 8.42 Å². The Bertz CT molecular complexity index is 934. The summed E-state index contributed by atoms with van der Waals surface area (Å²) in [6, 6.07) is 2.23. The van der Waals surface area contributed by atoms with E-state index in [4.69, 9.17) is 11.6 Å². The van der Waals surface area contributed by atoms with Crippen molar-refractivity contribution in [3.63, 3.8) is 0 Å². The highest BCUT2D eigenvalue weighted by Crippen LogP contribution is 2.44. The molecule has 3 rings (SSSR count). The van der Waals surface area contributed by atoms with E-state index in [0.29, 0.717) is 6.42 Å². The van der Waals surface area contributed by atoms with Crippen molar-refractivity contribution in [1.82, 2.24) is 0 Å². The number of hydrogen-bond acceptors (Lipinski definition) is 4. The van der Waals surface area contributed by atoms with E-state index in [1.54, 1.807) is 6.92 Å². The summed E-state index contributed by atoms with van der Waals surface area (Å²) < 4.78 is 63.7. The Hall–Kier alpha value is -1.26. The van der Waals surface area contributed by atoms with Crippen LogP contribution in [-0.2, 0) is 20.8 Å². The molecule has 1 aromatic rings. The van der Waals surface area contributed by atoms with Crippen LogP contribution < -0.4 is 4.90 Å². The number of aliphatic imine (C=N–C) groups is 1. The first-order valence-corrected chi connectivity index (χ1v) is 11.7. The highest BCUT2D eigenvalue weighted by molar-refractivity contribution is 8.16. The van der Waals surface area contributed by atoms with Gasteiger partial charge in [-0.05, 0) is 24.6 Å². The van der Waals surface area contributed by atoms with Crippen molar-refractivity contribution in [1.29, 1.82) is 0 Å². The highest BCUT2D eigenvalue weighted by atomic mass is 35.5. The fraction of sp³-hybridized carbons (Fsp3) is 0.529. The first kappa shape index (κ1) is 21.4. The van der Waals surface area contributed by atoms with Crippen LogP contribution in [-0.4, -0.2) is 42.3 Å². The minimum Gasteiger partial charge on any atom is -0.314 e. The molecule has 11 heteroatoms. The van der Waals surface area contributed by atoms with E-state index in [1.165, 1.54) is 4.90 Å². The van der Waals surface area contributed by atoms with Crippen LogP contribution in [0, 0.1) is 5.92 Å². The van der Waals surface area contributed by atoms with E-state index in [0.717, 1.165) is 30.0 Å². The Kier molecular flexibility index (Phi) is 5.77. The van der Waals surface area contributed by atoms with Crippen molar-refractivity contribution in [3.05, 3.63) is 28.8 Å². The predicted molar refractivity (Wildman–Crippen MR) is 105 cm³/mol. The second-order valence-electron chi connectivity index (χ2n) is 6.88. The largest absolute Gasteiger partial charge is 0.416 e. The molecule has 154 valence electrons. The van der Waals surface area contributed by atoms with Gasteiger partial charge in [-0.3, -0.25) is 4.79 Å². The molecule has 1 aromatic carbocycles. The van der Waals surface area contributed by atoms with Crippen molar-refractivity contribution in [2.24, 2.45) is 10.9 Å². The SMILES string of the molecule is CC[C@@H](C)C(=O)N=C1S[C@H]2CS(=O)(=O)C[C@H]2N1c1cc(C(F)(F)F)ccc1Cl. The molecular formula is C17H18ClF3N2O3S2. The smallest absolute Gasteiger partial charge is 0.314 e. The number of thioether (sulfide) groups is 1. The molecule has 3 atom stereocenters. The van der Waals surface area contributed by atoms with Gasteiger partial charge >= 0.3 is 6.18 Å². The fourth-order valence-electron chi connectivity index (χ4n) is 3.10. The van der Waals surface area contributed by atoms with Crippen LogP contribution in [0.4, 0.5) is 18.9 Å². The Labute approximate surface area is 170 Å². The zero-order valence-corrected chi connectivity index (χ0v) is 17.4. The van der Waals surface area contributed by atoms with Crippen LogP contribution in [0.25, 0.3) is 0 Å². The summed E-state index contributed by atoms with van der Waals surface area (Å²) in [5, 5.41) is -0.197. The van der Waals surface area contributed by atoms with Gasteiger partial charge < -0.3 is 4.90 Å². The molecule has 0 aliphatic carbocycles. The normalized spacial score (nSPS) is 26.5. The Morgan fingerprint density at radius 2 is 2.07 bits per heavy atom. The van der Waals surface area contributed by atoms with Gasteiger partial charge in [-0.1, -0.05) is 37.2 Å². The van der Waals surface area contributed by atoms with Gasteiger partial charge in [0.25, 0.3) is 5.91 Å². The number of anilines is 1. The van der Waals surface area contributed by atoms with Gasteiger partial charge in [0.15, 0.2) is 15.0 Å². The number of hydrogen-bond donors (Lipinski definition) is 0. The summed E-state index contributed by atoms with van der Waals surface area (Å²) in [6.45, 7) is 3.53. The maximum atomic E-state index is 13.2. The average Bonchev–Trinajstić information content (AvgIpc) is 3.04. The van der Waals surface area contributed by atoms with Gasteiger partial charge in [-0.15, -0.1) is 0 Å². The molecule has 28 heavy (non-hydrogen) atoms. The number of carbonyl (C=O) groups is 1. The van der Waals surface area contributed by atoms with E-state index >= 15 is 0 Å². The highest BCUT2D eigenvalue weighted by Gasteiger charge is 2.50. The third-order valence-corrected chi connectivity index (χ3v) is 8.37. The number of fused-ring (bicyclic) bond motifs is 1. The van der Waals surface area contributed by atoms with E-state index in [9.17, 15) is 26.4 Å². The number of halogens is 4. The average molecular weight is 455 g/mol. The summed E-state index contributed by atoms with van der Waals surface area (Å²) in [5.41, 5.74) is -0.905. The Morgan fingerprint density at radius 3 is 2.68 bits per heavy atom. The van der Waals surface area contributed by atoms with Crippen LogP contribution in [0.15, 0.2) is 23.2 Å². The molecule has 2 aliphatic rings. The predicted octanol–water partition coefficient (Wildman–Crippen LogP) is 4.01. The van der Waals surface area contributed by atoms with Gasteiger partial charge in [-0.2, -0.15) is 18.2 Å². The summed E-state index contributed by atoms with van der Waals surface area (Å²) in [5.74, 6) is -1.10. The first-order chi connectivity index (χ1) is 12.9. The zero-order chi connectivity index (χ0) is 20.9. The van der Waals surface area contributed by atoms with Crippen LogP contribution in [0.1, 0.15) is 25.8 Å². The summed E-state index contributed by atoms with van der Waals surface area (Å²) in [4.78, 5) is 17.8. The van der Waals surface area contributed by atoms with Gasteiger partial charge in [0.05, 0.1) is 33.8 Å². The number of alkyl halides is 3. The van der Waals surface area contributed by atoms with E-state index < -0.39 is 38.8 Å². The molecule has 0 aromatic heterocycles. The Balaban J connectivity index is 2.10. The van der Waals surface area contributed by atoms with Crippen LogP contribution in [0.3, 0.4) is 0 Å². The molecule has 2 fully saturated rings. The first-order valence-electron chi connectivity index (χ1n) is 8.58. The minimum atomic E-state index is -4.59. The van der Waals surface area contributed by atoms with Crippen molar-refractivity contribution in [3.8, 4) is 0 Å². The summed E-state index contributed by atoms with van der Waals surface area (Å²) in [6.07, 6.45) is -4.02. The lowest BCUT2D eigenvalue weighted by Gasteiger charge is -2.26. The molecule has 0 saturated carbocycles.